The maximum atomic E-state index is 12.7. The summed E-state index contributed by atoms with van der Waals surface area (Å²) < 4.78 is 26.8. The summed E-state index contributed by atoms with van der Waals surface area (Å²) in [5.41, 5.74) is 1.63. The van der Waals surface area contributed by atoms with E-state index in [0.717, 1.165) is 0 Å². The van der Waals surface area contributed by atoms with Crippen molar-refractivity contribution in [1.82, 2.24) is 9.62 Å². The molecule has 168 valence electrons. The van der Waals surface area contributed by atoms with Crippen molar-refractivity contribution in [2.45, 2.75) is 38.5 Å². The number of nitrogens with one attached hydrogen (secondary N) is 2. The molecule has 2 aromatic rings. The zero-order valence-electron chi connectivity index (χ0n) is 17.9. The molecule has 0 radical (unpaired) electrons. The Hall–Kier alpha value is -2.42. The number of hydrogen-bond donors (Lipinski definition) is 2. The number of sulfonamides is 1. The summed E-state index contributed by atoms with van der Waals surface area (Å²) in [7, 11) is -3.65. The smallest absolute Gasteiger partial charge is 0.251 e. The van der Waals surface area contributed by atoms with E-state index in [4.69, 9.17) is 11.6 Å². The summed E-state index contributed by atoms with van der Waals surface area (Å²) in [5, 5.41) is 6.11. The van der Waals surface area contributed by atoms with Crippen LogP contribution in [-0.4, -0.2) is 44.2 Å². The van der Waals surface area contributed by atoms with Gasteiger partial charge in [-0.1, -0.05) is 31.5 Å². The van der Waals surface area contributed by atoms with Crippen molar-refractivity contribution in [3.63, 3.8) is 0 Å². The van der Waals surface area contributed by atoms with E-state index in [0.29, 0.717) is 47.9 Å². The van der Waals surface area contributed by atoms with Gasteiger partial charge in [-0.2, -0.15) is 4.31 Å². The molecular formula is C22H28ClN3O4S. The Bertz CT molecular complexity index is 1020. The topological polar surface area (TPSA) is 95.6 Å². The Morgan fingerprint density at radius 2 is 1.68 bits per heavy atom. The van der Waals surface area contributed by atoms with Gasteiger partial charge in [0.15, 0.2) is 0 Å². The van der Waals surface area contributed by atoms with E-state index in [9.17, 15) is 18.0 Å². The summed E-state index contributed by atoms with van der Waals surface area (Å²) in [6.07, 6.45) is 0.680. The van der Waals surface area contributed by atoms with Crippen molar-refractivity contribution < 1.29 is 18.0 Å². The van der Waals surface area contributed by atoms with Gasteiger partial charge in [-0.05, 0) is 55.3 Å². The largest absolute Gasteiger partial charge is 0.352 e. The molecule has 2 rings (SSSR count). The number of anilines is 1. The summed E-state index contributed by atoms with van der Waals surface area (Å²) in [5.74, 6) is -0.535. The molecule has 0 saturated carbocycles. The zero-order chi connectivity index (χ0) is 23.0. The Balaban J connectivity index is 1.93. The van der Waals surface area contributed by atoms with E-state index >= 15 is 0 Å². The maximum absolute atomic E-state index is 12.7. The SMILES string of the molecule is CCN(CC)S(=O)(=O)c1ccc(C)c(C(=O)NCCCC(=O)Nc2ccc(Cl)cc2)c1. The van der Waals surface area contributed by atoms with Crippen LogP contribution in [0.4, 0.5) is 5.69 Å². The molecular weight excluding hydrogens is 438 g/mol. The molecule has 0 atom stereocenters. The highest BCUT2D eigenvalue weighted by molar-refractivity contribution is 7.89. The monoisotopic (exact) mass is 465 g/mol. The first-order valence-corrected chi connectivity index (χ1v) is 11.9. The molecule has 2 aromatic carbocycles. The minimum Gasteiger partial charge on any atom is -0.352 e. The van der Waals surface area contributed by atoms with E-state index < -0.39 is 10.0 Å². The third-order valence-electron chi connectivity index (χ3n) is 4.79. The first-order chi connectivity index (χ1) is 14.7. The first-order valence-electron chi connectivity index (χ1n) is 10.1. The molecule has 0 aliphatic heterocycles. The summed E-state index contributed by atoms with van der Waals surface area (Å²) in [4.78, 5) is 24.7. The van der Waals surface area contributed by atoms with E-state index in [2.05, 4.69) is 10.6 Å². The van der Waals surface area contributed by atoms with Crippen LogP contribution in [0.3, 0.4) is 0 Å². The molecule has 0 aliphatic rings. The van der Waals surface area contributed by atoms with Crippen molar-refractivity contribution in [2.24, 2.45) is 0 Å². The van der Waals surface area contributed by atoms with Gasteiger partial charge in [-0.25, -0.2) is 8.42 Å². The first kappa shape index (κ1) is 24.8. The molecule has 0 aromatic heterocycles. The van der Waals surface area contributed by atoms with Crippen LogP contribution in [0.1, 0.15) is 42.6 Å². The third-order valence-corrected chi connectivity index (χ3v) is 7.09. The van der Waals surface area contributed by atoms with Gasteiger partial charge in [-0.3, -0.25) is 9.59 Å². The fraction of sp³-hybridized carbons (Fsp3) is 0.364. The highest BCUT2D eigenvalue weighted by atomic mass is 35.5. The van der Waals surface area contributed by atoms with Gasteiger partial charge >= 0.3 is 0 Å². The van der Waals surface area contributed by atoms with Crippen molar-refractivity contribution in [1.29, 1.82) is 0 Å². The van der Waals surface area contributed by atoms with E-state index in [1.165, 1.54) is 16.4 Å². The molecule has 9 heteroatoms. The minimum atomic E-state index is -3.65. The Morgan fingerprint density at radius 3 is 2.29 bits per heavy atom. The van der Waals surface area contributed by atoms with E-state index in [-0.39, 0.29) is 23.1 Å². The molecule has 0 bridgehead atoms. The maximum Gasteiger partial charge on any atom is 0.251 e. The van der Waals surface area contributed by atoms with Gasteiger partial charge in [0.1, 0.15) is 0 Å². The average Bonchev–Trinajstić information content (AvgIpc) is 2.73. The summed E-state index contributed by atoms with van der Waals surface area (Å²) in [6, 6.07) is 11.4. The average molecular weight is 466 g/mol. The molecule has 0 spiro atoms. The summed E-state index contributed by atoms with van der Waals surface area (Å²) in [6.45, 7) is 6.29. The molecule has 2 N–H and O–H groups in total. The normalized spacial score (nSPS) is 11.4. The molecule has 0 saturated heterocycles. The van der Waals surface area contributed by atoms with Gasteiger partial charge in [-0.15, -0.1) is 0 Å². The van der Waals surface area contributed by atoms with Gasteiger partial charge in [0.05, 0.1) is 4.90 Å². The lowest BCUT2D eigenvalue weighted by atomic mass is 10.1. The predicted octanol–water partition coefficient (Wildman–Crippen LogP) is 3.83. The standard InChI is InChI=1S/C22H28ClN3O4S/c1-4-26(5-2)31(29,30)19-13-8-16(3)20(15-19)22(28)24-14-6-7-21(27)25-18-11-9-17(23)10-12-18/h8-13,15H,4-7,14H2,1-3H3,(H,24,28)(H,25,27). The van der Waals surface area contributed by atoms with Crippen LogP contribution in [0.25, 0.3) is 0 Å². The Labute approximate surface area is 188 Å². The van der Waals surface area contributed by atoms with E-state index in [1.54, 1.807) is 51.1 Å². The van der Waals surface area contributed by atoms with Crippen molar-refractivity contribution in [2.75, 3.05) is 25.0 Å². The molecule has 31 heavy (non-hydrogen) atoms. The van der Waals surface area contributed by atoms with Crippen molar-refractivity contribution >= 4 is 39.1 Å². The van der Waals surface area contributed by atoms with Crippen LogP contribution >= 0.6 is 11.6 Å². The van der Waals surface area contributed by atoms with Crippen LogP contribution < -0.4 is 10.6 Å². The Morgan fingerprint density at radius 1 is 1.03 bits per heavy atom. The minimum absolute atomic E-state index is 0.0919. The molecule has 0 aliphatic carbocycles. The molecule has 0 fully saturated rings. The number of nitrogens with zero attached hydrogens (tertiary/aromatic N) is 1. The van der Waals surface area contributed by atoms with Crippen LogP contribution in [0.15, 0.2) is 47.4 Å². The van der Waals surface area contributed by atoms with Crippen LogP contribution in [0.2, 0.25) is 5.02 Å². The van der Waals surface area contributed by atoms with Gasteiger partial charge in [0.2, 0.25) is 15.9 Å². The lowest BCUT2D eigenvalue weighted by molar-refractivity contribution is -0.116. The number of benzene rings is 2. The third kappa shape index (κ3) is 6.78. The Kier molecular flexibility index (Phi) is 9.03. The van der Waals surface area contributed by atoms with Crippen molar-refractivity contribution in [3.05, 3.63) is 58.6 Å². The predicted molar refractivity (Wildman–Crippen MR) is 123 cm³/mol. The number of halogens is 1. The number of rotatable bonds is 10. The second-order valence-corrected chi connectivity index (χ2v) is 9.35. The lowest BCUT2D eigenvalue weighted by Gasteiger charge is -2.19. The number of carbonyl (C=O) groups is 2. The highest BCUT2D eigenvalue weighted by Gasteiger charge is 2.23. The number of hydrogen-bond acceptors (Lipinski definition) is 4. The van der Waals surface area contributed by atoms with Crippen LogP contribution in [-0.2, 0) is 14.8 Å². The van der Waals surface area contributed by atoms with Crippen LogP contribution in [0.5, 0.6) is 0 Å². The number of amides is 2. The number of carbonyl (C=O) groups excluding carboxylic acids is 2. The molecule has 7 nitrogen and oxygen atoms in total. The fourth-order valence-corrected chi connectivity index (χ4v) is 4.63. The van der Waals surface area contributed by atoms with Gasteiger partial charge in [0, 0.05) is 42.3 Å². The van der Waals surface area contributed by atoms with Crippen molar-refractivity contribution in [3.8, 4) is 0 Å². The molecule has 2 amide bonds. The molecule has 0 heterocycles. The zero-order valence-corrected chi connectivity index (χ0v) is 19.5. The number of aryl methyl sites for hydroxylation is 1. The quantitative estimate of drug-likeness (QED) is 0.521. The van der Waals surface area contributed by atoms with Crippen LogP contribution in [0, 0.1) is 6.92 Å². The van der Waals surface area contributed by atoms with Gasteiger partial charge in [0.25, 0.3) is 5.91 Å². The highest BCUT2D eigenvalue weighted by Crippen LogP contribution is 2.20. The summed E-state index contributed by atoms with van der Waals surface area (Å²) >= 11 is 5.82. The second-order valence-electron chi connectivity index (χ2n) is 6.98. The van der Waals surface area contributed by atoms with E-state index in [1.807, 2.05) is 0 Å². The lowest BCUT2D eigenvalue weighted by Crippen LogP contribution is -2.31. The van der Waals surface area contributed by atoms with Gasteiger partial charge < -0.3 is 10.6 Å². The molecule has 0 unspecified atom stereocenters. The second kappa shape index (κ2) is 11.3. The fourth-order valence-electron chi connectivity index (χ4n) is 3.02.